The summed E-state index contributed by atoms with van der Waals surface area (Å²) in [6.07, 6.45) is -5.08. The number of nitro benzene ring substituents is 1. The molecule has 2 rings (SSSR count). The van der Waals surface area contributed by atoms with Crippen molar-refractivity contribution in [1.29, 1.82) is 0 Å². The number of carbonyl (C=O) groups is 2. The van der Waals surface area contributed by atoms with E-state index in [9.17, 15) is 28.1 Å². The highest BCUT2D eigenvalue weighted by Crippen LogP contribution is 2.23. The van der Waals surface area contributed by atoms with Gasteiger partial charge in [-0.3, -0.25) is 14.9 Å². The molecule has 0 bridgehead atoms. The highest BCUT2D eigenvalue weighted by Gasteiger charge is 2.38. The molecule has 0 unspecified atom stereocenters. The number of aliphatic carboxylic acids is 1. The number of amides is 1. The molecule has 0 aliphatic heterocycles. The molecule has 11 heteroatoms. The van der Waals surface area contributed by atoms with Crippen molar-refractivity contribution in [3.05, 3.63) is 40.1 Å². The molecule has 1 amide bonds. The molecule has 2 aromatic rings. The number of alkyl halides is 3. The monoisotopic (exact) mass is 320 g/mol. The Balaban J connectivity index is 0.000000295. The summed E-state index contributed by atoms with van der Waals surface area (Å²) < 4.78 is 36.8. The minimum atomic E-state index is -5.08. The molecular weight excluding hydrogens is 313 g/mol. The first-order chi connectivity index (χ1) is 10.0. The van der Waals surface area contributed by atoms with E-state index in [0.717, 1.165) is 0 Å². The van der Waals surface area contributed by atoms with Crippen molar-refractivity contribution in [3.63, 3.8) is 0 Å². The van der Waals surface area contributed by atoms with Crippen LogP contribution in [0.15, 0.2) is 28.7 Å². The van der Waals surface area contributed by atoms with Crippen molar-refractivity contribution >= 4 is 28.5 Å². The average Bonchev–Trinajstić information content (AvgIpc) is 2.81. The maximum Gasteiger partial charge on any atom is 0.490 e. The number of nitro groups is 1. The summed E-state index contributed by atoms with van der Waals surface area (Å²) in [5, 5.41) is 18.1. The van der Waals surface area contributed by atoms with Crippen LogP contribution in [-0.4, -0.2) is 28.1 Å². The second-order valence-corrected chi connectivity index (χ2v) is 3.76. The van der Waals surface area contributed by atoms with Gasteiger partial charge in [0.1, 0.15) is 5.58 Å². The maximum absolute atomic E-state index is 10.8. The van der Waals surface area contributed by atoms with Crippen LogP contribution in [0.3, 0.4) is 0 Å². The van der Waals surface area contributed by atoms with Crippen molar-refractivity contribution in [2.45, 2.75) is 6.18 Å². The molecule has 1 aromatic heterocycles. The van der Waals surface area contributed by atoms with Crippen LogP contribution in [0.2, 0.25) is 0 Å². The fourth-order valence-corrected chi connectivity index (χ4v) is 1.27. The molecule has 0 atom stereocenters. The van der Waals surface area contributed by atoms with E-state index in [-0.39, 0.29) is 11.4 Å². The van der Waals surface area contributed by atoms with Gasteiger partial charge in [0.2, 0.25) is 0 Å². The van der Waals surface area contributed by atoms with Crippen molar-refractivity contribution in [1.82, 2.24) is 0 Å². The molecule has 0 aliphatic carbocycles. The van der Waals surface area contributed by atoms with Crippen LogP contribution < -0.4 is 5.73 Å². The molecule has 1 aromatic carbocycles. The van der Waals surface area contributed by atoms with Gasteiger partial charge < -0.3 is 15.3 Å². The fraction of sp³-hybridized carbons (Fsp3) is 0.0909. The van der Waals surface area contributed by atoms with Crippen LogP contribution in [0.1, 0.15) is 10.6 Å². The van der Waals surface area contributed by atoms with Gasteiger partial charge in [0.15, 0.2) is 5.76 Å². The summed E-state index contributed by atoms with van der Waals surface area (Å²) >= 11 is 0. The second kappa shape index (κ2) is 6.11. The summed E-state index contributed by atoms with van der Waals surface area (Å²) in [5.74, 6) is -3.47. The molecule has 22 heavy (non-hydrogen) atoms. The lowest BCUT2D eigenvalue weighted by Gasteiger charge is -1.93. The number of furan rings is 1. The largest absolute Gasteiger partial charge is 0.490 e. The summed E-state index contributed by atoms with van der Waals surface area (Å²) in [7, 11) is 0. The lowest BCUT2D eigenvalue weighted by molar-refractivity contribution is -0.384. The molecule has 0 spiro atoms. The van der Waals surface area contributed by atoms with Crippen LogP contribution >= 0.6 is 0 Å². The zero-order valence-corrected chi connectivity index (χ0v) is 10.5. The Morgan fingerprint density at radius 1 is 1.27 bits per heavy atom. The van der Waals surface area contributed by atoms with Crippen LogP contribution in [0.25, 0.3) is 11.0 Å². The topological polar surface area (TPSA) is 137 Å². The van der Waals surface area contributed by atoms with Gasteiger partial charge in [-0.25, -0.2) is 4.79 Å². The van der Waals surface area contributed by atoms with E-state index >= 15 is 0 Å². The number of non-ortho nitro benzene ring substituents is 1. The van der Waals surface area contributed by atoms with Gasteiger partial charge in [-0.15, -0.1) is 0 Å². The second-order valence-electron chi connectivity index (χ2n) is 3.76. The van der Waals surface area contributed by atoms with E-state index in [1.165, 1.54) is 24.3 Å². The summed E-state index contributed by atoms with van der Waals surface area (Å²) in [4.78, 5) is 29.6. The molecule has 1 heterocycles. The van der Waals surface area contributed by atoms with E-state index in [1.807, 2.05) is 0 Å². The number of nitrogens with two attached hydrogens (primary N) is 1. The van der Waals surface area contributed by atoms with Gasteiger partial charge in [-0.05, 0) is 12.1 Å². The first-order valence-corrected chi connectivity index (χ1v) is 5.30. The first kappa shape index (κ1) is 16.9. The Hall–Kier alpha value is -3.11. The Bertz CT molecular complexity index is 725. The minimum absolute atomic E-state index is 0.00880. The smallest absolute Gasteiger partial charge is 0.475 e. The van der Waals surface area contributed by atoms with Crippen molar-refractivity contribution < 1.29 is 37.2 Å². The van der Waals surface area contributed by atoms with Gasteiger partial charge >= 0.3 is 12.1 Å². The Morgan fingerprint density at radius 2 is 1.82 bits per heavy atom. The third-order valence-electron chi connectivity index (χ3n) is 2.20. The minimum Gasteiger partial charge on any atom is -0.475 e. The van der Waals surface area contributed by atoms with E-state index < -0.39 is 23.0 Å². The molecule has 3 N–H and O–H groups in total. The Labute approximate surface area is 119 Å². The number of fused-ring (bicyclic) bond motifs is 1. The summed E-state index contributed by atoms with van der Waals surface area (Å²) in [6, 6.07) is 5.44. The fourth-order valence-electron chi connectivity index (χ4n) is 1.27. The molecule has 0 saturated heterocycles. The predicted octanol–water partition coefficient (Wildman–Crippen LogP) is 2.07. The number of hydrogen-bond acceptors (Lipinski definition) is 5. The molecule has 118 valence electrons. The maximum atomic E-state index is 10.8. The molecule has 0 radical (unpaired) electrons. The van der Waals surface area contributed by atoms with Crippen molar-refractivity contribution in [3.8, 4) is 0 Å². The number of benzene rings is 1. The molecule has 8 nitrogen and oxygen atoms in total. The first-order valence-electron chi connectivity index (χ1n) is 5.30. The molecular formula is C11H7F3N2O6. The van der Waals surface area contributed by atoms with E-state index in [1.54, 1.807) is 0 Å². The van der Waals surface area contributed by atoms with Gasteiger partial charge in [-0.2, -0.15) is 13.2 Å². The summed E-state index contributed by atoms with van der Waals surface area (Å²) in [6.45, 7) is 0. The normalized spacial score (nSPS) is 10.7. The van der Waals surface area contributed by atoms with E-state index in [2.05, 4.69) is 0 Å². The number of halogens is 3. The third-order valence-corrected chi connectivity index (χ3v) is 2.20. The Kier molecular flexibility index (Phi) is 4.71. The van der Waals surface area contributed by atoms with Crippen LogP contribution in [0.5, 0.6) is 0 Å². The number of carbonyl (C=O) groups excluding carboxylic acids is 1. The zero-order chi connectivity index (χ0) is 17.1. The number of carboxylic acids is 1. The predicted molar refractivity (Wildman–Crippen MR) is 65.1 cm³/mol. The highest BCUT2D eigenvalue weighted by atomic mass is 19.4. The number of hydrogen-bond donors (Lipinski definition) is 2. The third kappa shape index (κ3) is 4.19. The number of primary amides is 1. The van der Waals surface area contributed by atoms with Gasteiger partial charge in [0.25, 0.3) is 11.6 Å². The standard InChI is InChI=1S/C9H6N2O4.C2HF3O2/c10-9(12)8-4-5-3-6(11(13)14)1-2-7(5)15-8;3-2(4,5)1(6)7/h1-4H,(H2,10,12);(H,6,7). The number of rotatable bonds is 2. The van der Waals surface area contributed by atoms with Gasteiger partial charge in [-0.1, -0.05) is 0 Å². The lowest BCUT2D eigenvalue weighted by Crippen LogP contribution is -2.21. The van der Waals surface area contributed by atoms with Crippen LogP contribution in [0, 0.1) is 10.1 Å². The Morgan fingerprint density at radius 3 is 2.23 bits per heavy atom. The van der Waals surface area contributed by atoms with Gasteiger partial charge in [0.05, 0.1) is 4.92 Å². The summed E-state index contributed by atoms with van der Waals surface area (Å²) in [5.41, 5.74) is 5.35. The zero-order valence-electron chi connectivity index (χ0n) is 10.5. The highest BCUT2D eigenvalue weighted by molar-refractivity contribution is 5.95. The SMILES string of the molecule is NC(=O)c1cc2cc([N+](=O)[O-])ccc2o1.O=C(O)C(F)(F)F. The molecule has 0 fully saturated rings. The van der Waals surface area contributed by atoms with Crippen molar-refractivity contribution in [2.24, 2.45) is 5.73 Å². The van der Waals surface area contributed by atoms with Crippen molar-refractivity contribution in [2.75, 3.05) is 0 Å². The number of nitrogens with zero attached hydrogens (tertiary/aromatic N) is 1. The van der Waals surface area contributed by atoms with E-state index in [0.29, 0.717) is 11.0 Å². The lowest BCUT2D eigenvalue weighted by atomic mass is 10.2. The molecule has 0 saturated carbocycles. The van der Waals surface area contributed by atoms with Gasteiger partial charge in [0, 0.05) is 17.5 Å². The quantitative estimate of drug-likeness (QED) is 0.642. The molecule has 0 aliphatic rings. The average molecular weight is 320 g/mol. The number of carboxylic acid groups (broad SMARTS) is 1. The van der Waals surface area contributed by atoms with E-state index in [4.69, 9.17) is 20.1 Å². The van der Waals surface area contributed by atoms with Crippen LogP contribution in [0.4, 0.5) is 18.9 Å². The van der Waals surface area contributed by atoms with Crippen LogP contribution in [-0.2, 0) is 4.79 Å².